The molecule has 0 saturated carbocycles. The van der Waals surface area contributed by atoms with E-state index in [-0.39, 0.29) is 7.43 Å². The molecule has 0 atom stereocenters. The fraction of sp³-hybridized carbons (Fsp3) is 0.227. The Bertz CT molecular complexity index is 812. The molecule has 0 spiro atoms. The summed E-state index contributed by atoms with van der Waals surface area (Å²) in [5.74, 6) is -0.0599. The van der Waals surface area contributed by atoms with Crippen molar-refractivity contribution in [3.05, 3.63) is 77.6 Å². The first kappa shape index (κ1) is 23.8. The van der Waals surface area contributed by atoms with Gasteiger partial charge in [0.25, 0.3) is 0 Å². The van der Waals surface area contributed by atoms with Gasteiger partial charge in [-0.25, -0.2) is 9.98 Å². The number of benzene rings is 1. The monoisotopic (exact) mass is 366 g/mol. The number of hydrogen-bond donors (Lipinski definition) is 2. The molecular weight excluding hydrogens is 336 g/mol. The summed E-state index contributed by atoms with van der Waals surface area (Å²) in [5, 5.41) is 3.14. The van der Waals surface area contributed by atoms with Crippen LogP contribution < -0.4 is 11.1 Å². The average Bonchev–Trinajstić information content (AvgIpc) is 2.60. The van der Waals surface area contributed by atoms with Gasteiger partial charge in [0.2, 0.25) is 11.9 Å². The molecule has 0 bridgehead atoms. The van der Waals surface area contributed by atoms with Crippen LogP contribution in [0.1, 0.15) is 44.1 Å². The highest BCUT2D eigenvalue weighted by molar-refractivity contribution is 5.94. The number of aryl methyl sites for hydroxylation is 1. The summed E-state index contributed by atoms with van der Waals surface area (Å²) in [6.45, 7) is 11.6. The number of hydrogen-bond acceptors (Lipinski definition) is 2. The Kier molecular flexibility index (Phi) is 10.7. The molecule has 0 aromatic heterocycles. The van der Waals surface area contributed by atoms with Gasteiger partial charge >= 0.3 is 0 Å². The van der Waals surface area contributed by atoms with E-state index in [1.807, 2.05) is 58.1 Å². The minimum Gasteiger partial charge on any atom is -0.366 e. The molecule has 0 radical (unpaired) electrons. The van der Waals surface area contributed by atoms with E-state index in [1.165, 1.54) is 0 Å². The SMILES string of the molecule is C.C=C(NC(=Nc1ccc(C(N)=O)cc1C)/N=C\C)C(/C=C\C)=C/C=C\C. The average molecular weight is 367 g/mol. The van der Waals surface area contributed by atoms with Crippen LogP contribution >= 0.6 is 0 Å². The zero-order valence-corrected chi connectivity index (χ0v) is 15.8. The number of amides is 1. The number of nitrogens with one attached hydrogen (secondary N) is 1. The summed E-state index contributed by atoms with van der Waals surface area (Å²) in [4.78, 5) is 20.1. The predicted octanol–water partition coefficient (Wildman–Crippen LogP) is 4.99. The maximum atomic E-state index is 11.3. The molecule has 0 aliphatic heterocycles. The van der Waals surface area contributed by atoms with Crippen LogP contribution in [0, 0.1) is 6.92 Å². The van der Waals surface area contributed by atoms with Crippen molar-refractivity contribution in [2.75, 3.05) is 0 Å². The van der Waals surface area contributed by atoms with Gasteiger partial charge in [0, 0.05) is 17.5 Å². The molecule has 0 aliphatic rings. The van der Waals surface area contributed by atoms with Gasteiger partial charge in [-0.15, -0.1) is 0 Å². The standard InChI is InChI=1S/C21H26N4O.CH4/c1-6-9-11-17(10-7-2)16(5)24-21(23-8-3)25-19-13-12-18(20(22)26)14-15(19)4;/h6-14H,5H2,1-4H3,(H2,22,26)(H,24,25);1H4/b9-6-,10-7-,17-11+,23-8-;. The van der Waals surface area contributed by atoms with Crippen molar-refractivity contribution in [3.63, 3.8) is 0 Å². The number of aliphatic imine (C=N–C) groups is 2. The molecule has 0 saturated heterocycles. The molecule has 3 N–H and O–H groups in total. The molecule has 1 aromatic carbocycles. The van der Waals surface area contributed by atoms with E-state index in [1.54, 1.807) is 24.4 Å². The van der Waals surface area contributed by atoms with E-state index in [2.05, 4.69) is 21.9 Å². The fourth-order valence-electron chi connectivity index (χ4n) is 2.10. The second kappa shape index (κ2) is 12.2. The quantitative estimate of drug-likeness (QED) is 0.422. The van der Waals surface area contributed by atoms with Gasteiger partial charge in [0.1, 0.15) is 0 Å². The Hall–Kier alpha value is -3.21. The molecule has 0 aliphatic carbocycles. The smallest absolute Gasteiger partial charge is 0.248 e. The van der Waals surface area contributed by atoms with E-state index >= 15 is 0 Å². The molecule has 1 rings (SSSR count). The zero-order valence-electron chi connectivity index (χ0n) is 15.8. The summed E-state index contributed by atoms with van der Waals surface area (Å²) in [7, 11) is 0. The minimum atomic E-state index is -0.466. The number of carbonyl (C=O) groups excluding carboxylic acids is 1. The number of nitrogens with two attached hydrogens (primary N) is 1. The predicted molar refractivity (Wildman–Crippen MR) is 118 cm³/mol. The Morgan fingerprint density at radius 2 is 1.93 bits per heavy atom. The number of carbonyl (C=O) groups is 1. The van der Waals surface area contributed by atoms with Gasteiger partial charge in [-0.2, -0.15) is 0 Å². The van der Waals surface area contributed by atoms with Crippen LogP contribution in [0.3, 0.4) is 0 Å². The van der Waals surface area contributed by atoms with Crippen LogP contribution in [0.15, 0.2) is 76.4 Å². The molecule has 0 unspecified atom stereocenters. The Morgan fingerprint density at radius 3 is 2.44 bits per heavy atom. The highest BCUT2D eigenvalue weighted by atomic mass is 16.1. The van der Waals surface area contributed by atoms with Crippen molar-refractivity contribution in [3.8, 4) is 0 Å². The number of nitrogens with zero attached hydrogens (tertiary/aromatic N) is 2. The highest BCUT2D eigenvalue weighted by Gasteiger charge is 2.06. The third kappa shape index (κ3) is 7.69. The lowest BCUT2D eigenvalue weighted by Crippen LogP contribution is -2.21. The molecule has 0 fully saturated rings. The summed E-state index contributed by atoms with van der Waals surface area (Å²) >= 11 is 0. The molecule has 1 amide bonds. The van der Waals surface area contributed by atoms with Crippen molar-refractivity contribution in [1.82, 2.24) is 5.32 Å². The van der Waals surface area contributed by atoms with E-state index in [0.29, 0.717) is 22.9 Å². The van der Waals surface area contributed by atoms with Gasteiger partial charge in [-0.05, 0) is 57.0 Å². The zero-order chi connectivity index (χ0) is 19.5. The Labute approximate surface area is 162 Å². The highest BCUT2D eigenvalue weighted by Crippen LogP contribution is 2.20. The number of primary amides is 1. The lowest BCUT2D eigenvalue weighted by molar-refractivity contribution is 0.1000. The molecule has 27 heavy (non-hydrogen) atoms. The van der Waals surface area contributed by atoms with Gasteiger partial charge in [0.05, 0.1) is 5.69 Å². The normalized spacial score (nSPS) is 12.6. The third-order valence-electron chi connectivity index (χ3n) is 3.38. The lowest BCUT2D eigenvalue weighted by atomic mass is 10.1. The summed E-state index contributed by atoms with van der Waals surface area (Å²) in [5.41, 5.74) is 8.88. The first-order chi connectivity index (χ1) is 12.4. The fourth-order valence-corrected chi connectivity index (χ4v) is 2.10. The molecule has 5 nitrogen and oxygen atoms in total. The maximum Gasteiger partial charge on any atom is 0.248 e. The van der Waals surface area contributed by atoms with E-state index < -0.39 is 5.91 Å². The summed E-state index contributed by atoms with van der Waals surface area (Å²) in [6, 6.07) is 5.10. The number of rotatable bonds is 6. The van der Waals surface area contributed by atoms with Crippen molar-refractivity contribution >= 4 is 23.8 Å². The van der Waals surface area contributed by atoms with Crippen LogP contribution in [0.25, 0.3) is 0 Å². The van der Waals surface area contributed by atoms with Gasteiger partial charge in [-0.3, -0.25) is 4.79 Å². The van der Waals surface area contributed by atoms with Gasteiger partial charge in [0.15, 0.2) is 0 Å². The maximum absolute atomic E-state index is 11.3. The van der Waals surface area contributed by atoms with Gasteiger partial charge in [-0.1, -0.05) is 44.4 Å². The minimum absolute atomic E-state index is 0. The van der Waals surface area contributed by atoms with Crippen LogP contribution in [-0.2, 0) is 0 Å². The molecular formula is C22H30N4O. The Morgan fingerprint density at radius 1 is 1.22 bits per heavy atom. The summed E-state index contributed by atoms with van der Waals surface area (Å²) < 4.78 is 0. The van der Waals surface area contributed by atoms with Crippen LogP contribution in [0.5, 0.6) is 0 Å². The van der Waals surface area contributed by atoms with Crippen molar-refractivity contribution in [1.29, 1.82) is 0 Å². The van der Waals surface area contributed by atoms with Crippen LogP contribution in [-0.4, -0.2) is 18.1 Å². The van der Waals surface area contributed by atoms with E-state index in [0.717, 1.165) is 11.1 Å². The topological polar surface area (TPSA) is 79.8 Å². The third-order valence-corrected chi connectivity index (χ3v) is 3.38. The molecule has 144 valence electrons. The first-order valence-electron chi connectivity index (χ1n) is 8.32. The van der Waals surface area contributed by atoms with E-state index in [4.69, 9.17) is 5.73 Å². The second-order valence-electron chi connectivity index (χ2n) is 5.44. The second-order valence-corrected chi connectivity index (χ2v) is 5.44. The van der Waals surface area contributed by atoms with Gasteiger partial charge < -0.3 is 11.1 Å². The van der Waals surface area contributed by atoms with Crippen molar-refractivity contribution in [2.45, 2.75) is 35.1 Å². The largest absolute Gasteiger partial charge is 0.366 e. The van der Waals surface area contributed by atoms with Crippen molar-refractivity contribution in [2.24, 2.45) is 15.7 Å². The van der Waals surface area contributed by atoms with Crippen molar-refractivity contribution < 1.29 is 4.79 Å². The van der Waals surface area contributed by atoms with E-state index in [9.17, 15) is 4.79 Å². The molecule has 0 heterocycles. The molecule has 5 heteroatoms. The molecule has 1 aromatic rings. The van der Waals surface area contributed by atoms with Crippen LogP contribution in [0.2, 0.25) is 0 Å². The Balaban J connectivity index is 0.00000676. The summed E-state index contributed by atoms with van der Waals surface area (Å²) in [6.07, 6.45) is 11.4. The number of allylic oxidation sites excluding steroid dienone is 5. The number of guanidine groups is 1. The first-order valence-corrected chi connectivity index (χ1v) is 8.32. The lowest BCUT2D eigenvalue weighted by Gasteiger charge is -2.11. The van der Waals surface area contributed by atoms with Crippen LogP contribution in [0.4, 0.5) is 5.69 Å².